The summed E-state index contributed by atoms with van der Waals surface area (Å²) in [5, 5.41) is 44.2. The molecule has 0 unspecified atom stereocenters. The van der Waals surface area contributed by atoms with Gasteiger partial charge in [0.05, 0.1) is 12.7 Å². The van der Waals surface area contributed by atoms with Gasteiger partial charge in [0.15, 0.2) is 0 Å². The van der Waals surface area contributed by atoms with Crippen molar-refractivity contribution in [3.8, 4) is 0 Å². The van der Waals surface area contributed by atoms with Gasteiger partial charge < -0.3 is 31.3 Å². The lowest BCUT2D eigenvalue weighted by atomic mass is 10.0. The van der Waals surface area contributed by atoms with Crippen LogP contribution in [-0.2, 0) is 0 Å². The van der Waals surface area contributed by atoms with Crippen molar-refractivity contribution in [2.45, 2.75) is 24.4 Å². The Bertz CT molecular complexity index is 114. The molecule has 0 aromatic heterocycles. The monoisotopic (exact) mass is 217 g/mol. The molecule has 0 saturated carbocycles. The standard InChI is InChI=1S/C6H15NO5.ClH/c7-1-3(9)5(11)6(12)4(10)2-8;/h3-6,8-12H,1-2,7H2;1H/t3-,4+,5+,6+;/m1./s1. The zero-order valence-corrected chi connectivity index (χ0v) is 7.76. The minimum atomic E-state index is -1.59. The Kier molecular flexibility index (Phi) is 8.90. The molecule has 0 fully saturated rings. The van der Waals surface area contributed by atoms with Crippen LogP contribution in [0.1, 0.15) is 0 Å². The van der Waals surface area contributed by atoms with E-state index in [0.29, 0.717) is 0 Å². The summed E-state index contributed by atoms with van der Waals surface area (Å²) >= 11 is 0. The van der Waals surface area contributed by atoms with Crippen LogP contribution in [0.3, 0.4) is 0 Å². The van der Waals surface area contributed by atoms with Gasteiger partial charge >= 0.3 is 0 Å². The summed E-state index contributed by atoms with van der Waals surface area (Å²) in [6, 6.07) is 0. The summed E-state index contributed by atoms with van der Waals surface area (Å²) < 4.78 is 0. The van der Waals surface area contributed by atoms with Gasteiger partial charge in [-0.1, -0.05) is 0 Å². The first-order valence-electron chi connectivity index (χ1n) is 3.57. The number of halogens is 1. The van der Waals surface area contributed by atoms with E-state index in [0.717, 1.165) is 0 Å². The van der Waals surface area contributed by atoms with E-state index in [-0.39, 0.29) is 19.0 Å². The van der Waals surface area contributed by atoms with Crippen LogP contribution in [0.5, 0.6) is 0 Å². The van der Waals surface area contributed by atoms with Crippen LogP contribution in [0.4, 0.5) is 0 Å². The molecule has 0 saturated heterocycles. The van der Waals surface area contributed by atoms with Gasteiger partial charge in [0.1, 0.15) is 18.3 Å². The van der Waals surface area contributed by atoms with Gasteiger partial charge in [-0.15, -0.1) is 12.4 Å². The minimum absolute atomic E-state index is 0. The average molecular weight is 218 g/mol. The second kappa shape index (κ2) is 7.45. The summed E-state index contributed by atoms with van der Waals surface area (Å²) in [6.45, 7) is -0.911. The highest BCUT2D eigenvalue weighted by atomic mass is 35.5. The lowest BCUT2D eigenvalue weighted by molar-refractivity contribution is -0.112. The zero-order chi connectivity index (χ0) is 9.72. The van der Waals surface area contributed by atoms with Crippen molar-refractivity contribution in [2.24, 2.45) is 5.73 Å². The van der Waals surface area contributed by atoms with E-state index in [1.807, 2.05) is 0 Å². The van der Waals surface area contributed by atoms with E-state index in [2.05, 4.69) is 0 Å². The van der Waals surface area contributed by atoms with Gasteiger partial charge in [-0.3, -0.25) is 0 Å². The Labute approximate surface area is 82.0 Å². The molecule has 0 radical (unpaired) electrons. The molecule has 0 aromatic carbocycles. The van der Waals surface area contributed by atoms with Gasteiger partial charge in [0.25, 0.3) is 0 Å². The van der Waals surface area contributed by atoms with Crippen LogP contribution in [-0.4, -0.2) is 63.1 Å². The van der Waals surface area contributed by atoms with Crippen LogP contribution in [0.2, 0.25) is 0 Å². The van der Waals surface area contributed by atoms with Gasteiger partial charge in [-0.2, -0.15) is 0 Å². The van der Waals surface area contributed by atoms with Crippen molar-refractivity contribution in [3.63, 3.8) is 0 Å². The molecule has 0 aliphatic heterocycles. The predicted octanol–water partition coefficient (Wildman–Crippen LogP) is -3.20. The third-order valence-corrected chi connectivity index (χ3v) is 1.57. The smallest absolute Gasteiger partial charge is 0.111 e. The molecule has 0 spiro atoms. The fourth-order valence-corrected chi connectivity index (χ4v) is 0.703. The molecule has 0 bridgehead atoms. The number of aliphatic hydroxyl groups excluding tert-OH is 5. The maximum atomic E-state index is 9.04. The molecule has 82 valence electrons. The highest BCUT2D eigenvalue weighted by Gasteiger charge is 2.28. The summed E-state index contributed by atoms with van der Waals surface area (Å²) in [5.41, 5.74) is 4.99. The van der Waals surface area contributed by atoms with Gasteiger partial charge in [-0.05, 0) is 0 Å². The van der Waals surface area contributed by atoms with E-state index in [9.17, 15) is 0 Å². The van der Waals surface area contributed by atoms with Crippen molar-refractivity contribution in [3.05, 3.63) is 0 Å². The first kappa shape index (κ1) is 15.5. The van der Waals surface area contributed by atoms with Crippen LogP contribution in [0, 0.1) is 0 Å². The zero-order valence-electron chi connectivity index (χ0n) is 6.95. The molecule has 7 heteroatoms. The van der Waals surface area contributed by atoms with E-state index in [4.69, 9.17) is 31.3 Å². The first-order chi connectivity index (χ1) is 5.54. The van der Waals surface area contributed by atoms with E-state index >= 15 is 0 Å². The van der Waals surface area contributed by atoms with Gasteiger partial charge in [-0.25, -0.2) is 0 Å². The second-order valence-electron chi connectivity index (χ2n) is 2.53. The van der Waals surface area contributed by atoms with Crippen LogP contribution in [0.15, 0.2) is 0 Å². The molecule has 13 heavy (non-hydrogen) atoms. The number of nitrogens with two attached hydrogens (primary N) is 1. The molecule has 4 atom stereocenters. The lowest BCUT2D eigenvalue weighted by Crippen LogP contribution is -2.48. The quantitative estimate of drug-likeness (QED) is 0.288. The molecular weight excluding hydrogens is 202 g/mol. The number of aliphatic hydroxyl groups is 5. The topological polar surface area (TPSA) is 127 Å². The molecule has 0 aliphatic rings. The SMILES string of the molecule is Cl.NC[C@@H](O)[C@H](O)[C@@H](O)[C@@H](O)CO. The van der Waals surface area contributed by atoms with Crippen molar-refractivity contribution < 1.29 is 25.5 Å². The van der Waals surface area contributed by atoms with E-state index < -0.39 is 31.0 Å². The summed E-state index contributed by atoms with van der Waals surface area (Å²) in [5.74, 6) is 0. The average Bonchev–Trinajstić information content (AvgIpc) is 2.12. The maximum absolute atomic E-state index is 9.04. The molecule has 0 heterocycles. The van der Waals surface area contributed by atoms with Crippen LogP contribution >= 0.6 is 12.4 Å². The number of hydrogen-bond acceptors (Lipinski definition) is 6. The van der Waals surface area contributed by atoms with Crippen molar-refractivity contribution in [2.75, 3.05) is 13.2 Å². The Morgan fingerprint density at radius 2 is 1.31 bits per heavy atom. The number of hydrogen-bond donors (Lipinski definition) is 6. The Morgan fingerprint density at radius 1 is 0.923 bits per heavy atom. The van der Waals surface area contributed by atoms with E-state index in [1.54, 1.807) is 0 Å². The van der Waals surface area contributed by atoms with E-state index in [1.165, 1.54) is 0 Å². The highest BCUT2D eigenvalue weighted by molar-refractivity contribution is 5.85. The first-order valence-corrected chi connectivity index (χ1v) is 3.57. The maximum Gasteiger partial charge on any atom is 0.111 e. The van der Waals surface area contributed by atoms with Gasteiger partial charge in [0.2, 0.25) is 0 Å². The van der Waals surface area contributed by atoms with Crippen molar-refractivity contribution in [1.29, 1.82) is 0 Å². The Morgan fingerprint density at radius 3 is 1.62 bits per heavy atom. The molecule has 0 aliphatic carbocycles. The fraction of sp³-hybridized carbons (Fsp3) is 1.00. The summed E-state index contributed by atoms with van der Waals surface area (Å²) in [4.78, 5) is 0. The van der Waals surface area contributed by atoms with Gasteiger partial charge in [0, 0.05) is 6.54 Å². The predicted molar refractivity (Wildman–Crippen MR) is 47.4 cm³/mol. The molecule has 6 nitrogen and oxygen atoms in total. The molecular formula is C6H16ClNO5. The van der Waals surface area contributed by atoms with Crippen molar-refractivity contribution >= 4 is 12.4 Å². The fourth-order valence-electron chi connectivity index (χ4n) is 0.703. The highest BCUT2D eigenvalue weighted by Crippen LogP contribution is 2.03. The van der Waals surface area contributed by atoms with Crippen LogP contribution in [0.25, 0.3) is 0 Å². The third kappa shape index (κ3) is 4.72. The molecule has 0 amide bonds. The summed E-state index contributed by atoms with van der Waals surface area (Å²) in [7, 11) is 0. The molecule has 7 N–H and O–H groups in total. The Hall–Kier alpha value is 0.0500. The Balaban J connectivity index is 0. The normalized spacial score (nSPS) is 19.8. The molecule has 0 aromatic rings. The minimum Gasteiger partial charge on any atom is -0.394 e. The summed E-state index contributed by atoms with van der Waals surface area (Å²) in [6.07, 6.45) is -5.91. The van der Waals surface area contributed by atoms with Crippen LogP contribution < -0.4 is 5.73 Å². The third-order valence-electron chi connectivity index (χ3n) is 1.57. The largest absolute Gasteiger partial charge is 0.394 e. The second-order valence-corrected chi connectivity index (χ2v) is 2.53. The number of rotatable bonds is 5. The molecule has 0 rings (SSSR count). The van der Waals surface area contributed by atoms with Crippen molar-refractivity contribution in [1.82, 2.24) is 0 Å². The lowest BCUT2D eigenvalue weighted by Gasteiger charge is -2.24.